The van der Waals surface area contributed by atoms with Crippen LogP contribution in [0.25, 0.3) is 11.4 Å². The first-order chi connectivity index (χ1) is 13.1. The van der Waals surface area contributed by atoms with Crippen molar-refractivity contribution in [1.29, 1.82) is 0 Å². The molecular formula is C21H20FN3O2. The maximum Gasteiger partial charge on any atom is 0.232 e. The SMILES string of the molecule is Cc1cccc(CCN2CC(c3nc(-c4cccc(F)c4)no3)CC2=O)c1. The normalized spacial score (nSPS) is 16.9. The number of amides is 1. The Morgan fingerprint density at radius 1 is 1.22 bits per heavy atom. The molecule has 1 aromatic heterocycles. The molecule has 0 N–H and O–H groups in total. The Bertz CT molecular complexity index is 969. The highest BCUT2D eigenvalue weighted by Gasteiger charge is 2.34. The van der Waals surface area contributed by atoms with Crippen molar-refractivity contribution < 1.29 is 13.7 Å². The first-order valence-corrected chi connectivity index (χ1v) is 9.01. The number of rotatable bonds is 5. The summed E-state index contributed by atoms with van der Waals surface area (Å²) >= 11 is 0. The van der Waals surface area contributed by atoms with Crippen molar-refractivity contribution >= 4 is 5.91 Å². The lowest BCUT2D eigenvalue weighted by Crippen LogP contribution is -2.27. The molecule has 0 saturated carbocycles. The molecule has 27 heavy (non-hydrogen) atoms. The van der Waals surface area contributed by atoms with E-state index in [1.165, 1.54) is 23.3 Å². The molecule has 4 rings (SSSR count). The predicted molar refractivity (Wildman–Crippen MR) is 98.5 cm³/mol. The van der Waals surface area contributed by atoms with Crippen LogP contribution in [-0.2, 0) is 11.2 Å². The van der Waals surface area contributed by atoms with Crippen LogP contribution in [0.1, 0.15) is 29.4 Å². The number of aryl methyl sites for hydroxylation is 1. The van der Waals surface area contributed by atoms with E-state index in [9.17, 15) is 9.18 Å². The van der Waals surface area contributed by atoms with E-state index in [2.05, 4.69) is 35.3 Å². The van der Waals surface area contributed by atoms with Crippen molar-refractivity contribution in [2.75, 3.05) is 13.1 Å². The number of hydrogen-bond donors (Lipinski definition) is 0. The number of likely N-dealkylation sites (tertiary alicyclic amines) is 1. The number of nitrogens with zero attached hydrogens (tertiary/aromatic N) is 3. The fourth-order valence-electron chi connectivity index (χ4n) is 3.43. The van der Waals surface area contributed by atoms with Crippen LogP contribution in [0.3, 0.4) is 0 Å². The lowest BCUT2D eigenvalue weighted by molar-refractivity contribution is -0.127. The van der Waals surface area contributed by atoms with E-state index >= 15 is 0 Å². The lowest BCUT2D eigenvalue weighted by atomic mass is 10.1. The predicted octanol–water partition coefficient (Wildman–Crippen LogP) is 3.74. The van der Waals surface area contributed by atoms with Crippen LogP contribution in [0.2, 0.25) is 0 Å². The van der Waals surface area contributed by atoms with E-state index in [1.807, 2.05) is 11.0 Å². The summed E-state index contributed by atoms with van der Waals surface area (Å²) in [4.78, 5) is 18.6. The van der Waals surface area contributed by atoms with Crippen LogP contribution in [0.4, 0.5) is 4.39 Å². The maximum absolute atomic E-state index is 13.4. The van der Waals surface area contributed by atoms with Crippen LogP contribution in [-0.4, -0.2) is 34.0 Å². The van der Waals surface area contributed by atoms with Gasteiger partial charge in [0, 0.05) is 25.1 Å². The molecule has 0 spiro atoms. The zero-order chi connectivity index (χ0) is 18.8. The lowest BCUT2D eigenvalue weighted by Gasteiger charge is -2.16. The number of benzene rings is 2. The van der Waals surface area contributed by atoms with E-state index in [-0.39, 0.29) is 17.6 Å². The second-order valence-corrected chi connectivity index (χ2v) is 6.95. The Morgan fingerprint density at radius 3 is 2.89 bits per heavy atom. The molecule has 2 heterocycles. The molecule has 1 atom stereocenters. The average molecular weight is 365 g/mol. The summed E-state index contributed by atoms with van der Waals surface area (Å²) in [6, 6.07) is 14.4. The van der Waals surface area contributed by atoms with E-state index in [4.69, 9.17) is 4.52 Å². The molecule has 138 valence electrons. The fraction of sp³-hybridized carbons (Fsp3) is 0.286. The molecule has 0 bridgehead atoms. The van der Waals surface area contributed by atoms with E-state index in [0.29, 0.717) is 36.8 Å². The minimum absolute atomic E-state index is 0.0955. The van der Waals surface area contributed by atoms with Crippen LogP contribution in [0.15, 0.2) is 53.1 Å². The van der Waals surface area contributed by atoms with Gasteiger partial charge in [-0.1, -0.05) is 47.1 Å². The van der Waals surface area contributed by atoms with E-state index in [1.54, 1.807) is 12.1 Å². The quantitative estimate of drug-likeness (QED) is 0.691. The molecule has 2 aromatic carbocycles. The smallest absolute Gasteiger partial charge is 0.232 e. The average Bonchev–Trinajstić information content (AvgIpc) is 3.27. The Morgan fingerprint density at radius 2 is 2.07 bits per heavy atom. The fourth-order valence-corrected chi connectivity index (χ4v) is 3.43. The topological polar surface area (TPSA) is 59.2 Å². The van der Waals surface area contributed by atoms with E-state index < -0.39 is 0 Å². The monoisotopic (exact) mass is 365 g/mol. The summed E-state index contributed by atoms with van der Waals surface area (Å²) in [5.74, 6) is 0.399. The first-order valence-electron chi connectivity index (χ1n) is 9.01. The molecule has 3 aromatic rings. The molecule has 0 radical (unpaired) electrons. The summed E-state index contributed by atoms with van der Waals surface area (Å²) in [6.45, 7) is 3.30. The summed E-state index contributed by atoms with van der Waals surface area (Å²) in [5, 5.41) is 3.94. The third-order valence-corrected chi connectivity index (χ3v) is 4.84. The first kappa shape index (κ1) is 17.4. The molecule has 1 saturated heterocycles. The number of halogens is 1. The van der Waals surface area contributed by atoms with Gasteiger partial charge in [-0.05, 0) is 31.0 Å². The second-order valence-electron chi connectivity index (χ2n) is 6.95. The second kappa shape index (κ2) is 7.31. The van der Waals surface area contributed by atoms with Crippen LogP contribution in [0, 0.1) is 12.7 Å². The van der Waals surface area contributed by atoms with Gasteiger partial charge < -0.3 is 9.42 Å². The number of aromatic nitrogens is 2. The molecule has 5 nitrogen and oxygen atoms in total. The standard InChI is InChI=1S/C21H20FN3O2/c1-14-4-2-5-15(10-14)8-9-25-13-17(12-19(25)26)21-23-20(24-27-21)16-6-3-7-18(22)11-16/h2-7,10-11,17H,8-9,12-13H2,1H3. The molecule has 6 heteroatoms. The van der Waals surface area contributed by atoms with Gasteiger partial charge in [0.15, 0.2) is 0 Å². The molecule has 0 aliphatic carbocycles. The molecule has 1 amide bonds. The van der Waals surface area contributed by atoms with Crippen molar-refractivity contribution in [2.45, 2.75) is 25.7 Å². The van der Waals surface area contributed by atoms with Gasteiger partial charge >= 0.3 is 0 Å². The van der Waals surface area contributed by atoms with Crippen LogP contribution in [0.5, 0.6) is 0 Å². The summed E-state index contributed by atoms with van der Waals surface area (Å²) in [6.07, 6.45) is 1.18. The van der Waals surface area contributed by atoms with Gasteiger partial charge in [-0.3, -0.25) is 4.79 Å². The van der Waals surface area contributed by atoms with Gasteiger partial charge in [-0.15, -0.1) is 0 Å². The van der Waals surface area contributed by atoms with Crippen LogP contribution >= 0.6 is 0 Å². The van der Waals surface area contributed by atoms with Crippen molar-refractivity contribution in [1.82, 2.24) is 15.0 Å². The Balaban J connectivity index is 1.42. The third-order valence-electron chi connectivity index (χ3n) is 4.84. The zero-order valence-electron chi connectivity index (χ0n) is 15.1. The minimum Gasteiger partial charge on any atom is -0.342 e. The summed E-state index contributed by atoms with van der Waals surface area (Å²) in [7, 11) is 0. The van der Waals surface area contributed by atoms with Crippen molar-refractivity contribution in [3.63, 3.8) is 0 Å². The van der Waals surface area contributed by atoms with Crippen molar-refractivity contribution in [3.05, 3.63) is 71.4 Å². The molecule has 1 unspecified atom stereocenters. The maximum atomic E-state index is 13.4. The van der Waals surface area contributed by atoms with Crippen molar-refractivity contribution in [3.8, 4) is 11.4 Å². The Labute approximate surface area is 156 Å². The number of carbonyl (C=O) groups is 1. The number of carbonyl (C=O) groups excluding carboxylic acids is 1. The Kier molecular flexibility index (Phi) is 4.71. The van der Waals surface area contributed by atoms with Gasteiger partial charge in [0.25, 0.3) is 0 Å². The zero-order valence-corrected chi connectivity index (χ0v) is 15.1. The van der Waals surface area contributed by atoms with Gasteiger partial charge in [0.05, 0.1) is 5.92 Å². The molecular weight excluding hydrogens is 345 g/mol. The summed E-state index contributed by atoms with van der Waals surface area (Å²) < 4.78 is 18.7. The largest absolute Gasteiger partial charge is 0.342 e. The summed E-state index contributed by atoms with van der Waals surface area (Å²) in [5.41, 5.74) is 3.00. The van der Waals surface area contributed by atoms with Gasteiger partial charge in [-0.25, -0.2) is 4.39 Å². The highest BCUT2D eigenvalue weighted by Crippen LogP contribution is 2.29. The van der Waals surface area contributed by atoms with Gasteiger partial charge in [0.2, 0.25) is 17.6 Å². The molecule has 1 fully saturated rings. The van der Waals surface area contributed by atoms with Crippen molar-refractivity contribution in [2.24, 2.45) is 0 Å². The van der Waals surface area contributed by atoms with Crippen LogP contribution < -0.4 is 0 Å². The van der Waals surface area contributed by atoms with Gasteiger partial charge in [0.1, 0.15) is 5.82 Å². The van der Waals surface area contributed by atoms with E-state index in [0.717, 1.165) is 6.42 Å². The molecule has 1 aliphatic rings. The van der Waals surface area contributed by atoms with Gasteiger partial charge in [-0.2, -0.15) is 4.98 Å². The Hall–Kier alpha value is -3.02. The number of hydrogen-bond acceptors (Lipinski definition) is 4. The highest BCUT2D eigenvalue weighted by molar-refractivity contribution is 5.79. The minimum atomic E-state index is -0.350. The molecule has 1 aliphatic heterocycles. The third kappa shape index (κ3) is 3.89. The highest BCUT2D eigenvalue weighted by atomic mass is 19.1.